The van der Waals surface area contributed by atoms with Crippen molar-refractivity contribution in [1.82, 2.24) is 14.8 Å². The first-order valence-electron chi connectivity index (χ1n) is 8.63. The van der Waals surface area contributed by atoms with E-state index in [-0.39, 0.29) is 5.91 Å². The van der Waals surface area contributed by atoms with Crippen molar-refractivity contribution in [2.24, 2.45) is 0 Å². The van der Waals surface area contributed by atoms with Crippen molar-refractivity contribution in [2.45, 2.75) is 25.4 Å². The molecule has 0 aliphatic rings. The van der Waals surface area contributed by atoms with E-state index in [1.807, 2.05) is 54.0 Å². The normalized spacial score (nSPS) is 10.6. The number of benzene rings is 2. The monoisotopic (exact) mass is 382 g/mol. The molecule has 0 saturated heterocycles. The summed E-state index contributed by atoms with van der Waals surface area (Å²) in [6.45, 7) is 3.99. The summed E-state index contributed by atoms with van der Waals surface area (Å²) in [5, 5.41) is 12.1. The fraction of sp³-hybridized carbons (Fsp3) is 0.250. The predicted octanol–water partition coefficient (Wildman–Crippen LogP) is 4.01. The van der Waals surface area contributed by atoms with Crippen molar-refractivity contribution >= 4 is 23.4 Å². The molecule has 6 nitrogen and oxygen atoms in total. The zero-order valence-electron chi connectivity index (χ0n) is 15.6. The van der Waals surface area contributed by atoms with Crippen LogP contribution in [0.25, 0.3) is 5.69 Å². The maximum absolute atomic E-state index is 12.2. The minimum atomic E-state index is -0.0358. The zero-order valence-corrected chi connectivity index (χ0v) is 16.4. The van der Waals surface area contributed by atoms with Crippen molar-refractivity contribution in [3.63, 3.8) is 0 Å². The number of methoxy groups -OCH3 is 1. The molecule has 0 atom stereocenters. The molecule has 0 unspecified atom stereocenters. The van der Waals surface area contributed by atoms with E-state index in [4.69, 9.17) is 4.74 Å². The van der Waals surface area contributed by atoms with E-state index in [9.17, 15) is 4.79 Å². The number of hydrogen-bond donors (Lipinski definition) is 1. The maximum Gasteiger partial charge on any atom is 0.225 e. The molecule has 1 aromatic heterocycles. The Balaban J connectivity index is 1.59. The Morgan fingerprint density at radius 3 is 2.56 bits per heavy atom. The molecule has 0 aliphatic carbocycles. The molecule has 1 N–H and O–H groups in total. The summed E-state index contributed by atoms with van der Waals surface area (Å²) in [5.41, 5.74) is 2.97. The van der Waals surface area contributed by atoms with Gasteiger partial charge in [0.25, 0.3) is 0 Å². The molecule has 3 aromatic rings. The van der Waals surface area contributed by atoms with Gasteiger partial charge in [0.05, 0.1) is 12.8 Å². The number of amides is 1. The molecule has 27 heavy (non-hydrogen) atoms. The lowest BCUT2D eigenvalue weighted by atomic mass is 10.2. The molecular weight excluding hydrogens is 360 g/mol. The zero-order chi connectivity index (χ0) is 19.2. The predicted molar refractivity (Wildman–Crippen MR) is 108 cm³/mol. The Morgan fingerprint density at radius 2 is 1.85 bits per heavy atom. The van der Waals surface area contributed by atoms with Crippen LogP contribution in [0.2, 0.25) is 0 Å². The van der Waals surface area contributed by atoms with Crippen LogP contribution in [0.15, 0.2) is 53.7 Å². The third-order valence-corrected chi connectivity index (χ3v) is 5.02. The smallest absolute Gasteiger partial charge is 0.225 e. The first-order valence-corrected chi connectivity index (χ1v) is 9.62. The molecule has 0 spiro atoms. The Bertz CT molecular complexity index is 922. The minimum Gasteiger partial charge on any atom is -0.497 e. The number of nitrogens with zero attached hydrogens (tertiary/aromatic N) is 3. The maximum atomic E-state index is 12.2. The highest BCUT2D eigenvalue weighted by atomic mass is 32.2. The van der Waals surface area contributed by atoms with Gasteiger partial charge in [-0.1, -0.05) is 30.0 Å². The van der Waals surface area contributed by atoms with Crippen molar-refractivity contribution in [3.8, 4) is 11.4 Å². The second-order valence-electron chi connectivity index (χ2n) is 6.03. The Morgan fingerprint density at radius 1 is 1.11 bits per heavy atom. The number of carbonyl (C=O) groups is 1. The third-order valence-electron chi connectivity index (χ3n) is 4.09. The van der Waals surface area contributed by atoms with Crippen molar-refractivity contribution in [3.05, 3.63) is 59.9 Å². The molecule has 0 aliphatic heterocycles. The van der Waals surface area contributed by atoms with E-state index in [0.29, 0.717) is 12.2 Å². The molecule has 140 valence electrons. The van der Waals surface area contributed by atoms with Gasteiger partial charge in [-0.25, -0.2) is 0 Å². The molecule has 7 heteroatoms. The number of para-hydroxylation sites is 1. The number of aryl methyl sites for hydroxylation is 2. The lowest BCUT2D eigenvalue weighted by Gasteiger charge is -2.11. The number of thioether (sulfide) groups is 1. The molecule has 3 rings (SSSR count). The molecular formula is C20H22N4O2S. The summed E-state index contributed by atoms with van der Waals surface area (Å²) in [5.74, 6) is 2.17. The van der Waals surface area contributed by atoms with Crippen LogP contribution in [0.1, 0.15) is 17.8 Å². The number of nitrogens with one attached hydrogen (secondary N) is 1. The van der Waals surface area contributed by atoms with Gasteiger partial charge >= 0.3 is 0 Å². The van der Waals surface area contributed by atoms with Gasteiger partial charge in [0.1, 0.15) is 11.6 Å². The van der Waals surface area contributed by atoms with Crippen LogP contribution in [0.5, 0.6) is 5.75 Å². The summed E-state index contributed by atoms with van der Waals surface area (Å²) >= 11 is 1.52. The highest BCUT2D eigenvalue weighted by molar-refractivity contribution is 7.99. The van der Waals surface area contributed by atoms with Gasteiger partial charge in [-0.15, -0.1) is 10.2 Å². The summed E-state index contributed by atoms with van der Waals surface area (Å²) in [6, 6.07) is 15.4. The molecule has 2 aromatic carbocycles. The van der Waals surface area contributed by atoms with Crippen LogP contribution < -0.4 is 10.1 Å². The summed E-state index contributed by atoms with van der Waals surface area (Å²) in [4.78, 5) is 12.2. The van der Waals surface area contributed by atoms with Gasteiger partial charge in [-0.2, -0.15) is 0 Å². The number of anilines is 1. The van der Waals surface area contributed by atoms with Crippen LogP contribution in [0.4, 0.5) is 5.69 Å². The van der Waals surface area contributed by atoms with E-state index in [2.05, 4.69) is 28.5 Å². The second kappa shape index (κ2) is 8.73. The number of ether oxygens (including phenoxy) is 1. The Hall–Kier alpha value is -2.80. The van der Waals surface area contributed by atoms with E-state index < -0.39 is 0 Å². The van der Waals surface area contributed by atoms with Gasteiger partial charge in [-0.3, -0.25) is 9.36 Å². The van der Waals surface area contributed by atoms with Crippen molar-refractivity contribution < 1.29 is 9.53 Å². The van der Waals surface area contributed by atoms with Crippen LogP contribution >= 0.6 is 11.8 Å². The Kier molecular flexibility index (Phi) is 6.13. The summed E-state index contributed by atoms with van der Waals surface area (Å²) < 4.78 is 7.14. The molecule has 0 fully saturated rings. The van der Waals surface area contributed by atoms with E-state index in [1.165, 1.54) is 11.8 Å². The fourth-order valence-corrected chi connectivity index (χ4v) is 3.59. The quantitative estimate of drug-likeness (QED) is 0.625. The number of hydrogen-bond acceptors (Lipinski definition) is 5. The summed E-state index contributed by atoms with van der Waals surface area (Å²) in [6.07, 6.45) is 0.385. The lowest BCUT2D eigenvalue weighted by molar-refractivity contribution is -0.115. The number of rotatable bonds is 7. The van der Waals surface area contributed by atoms with E-state index in [1.54, 1.807) is 7.11 Å². The molecule has 1 amide bonds. The first kappa shape index (κ1) is 19.0. The minimum absolute atomic E-state index is 0.0358. The van der Waals surface area contributed by atoms with Crippen LogP contribution in [0, 0.1) is 13.8 Å². The Labute approximate surface area is 163 Å². The fourth-order valence-electron chi connectivity index (χ4n) is 2.66. The van der Waals surface area contributed by atoms with Crippen LogP contribution in [-0.2, 0) is 4.79 Å². The van der Waals surface area contributed by atoms with Gasteiger partial charge in [0, 0.05) is 17.9 Å². The van der Waals surface area contributed by atoms with Gasteiger partial charge in [0.15, 0.2) is 5.16 Å². The van der Waals surface area contributed by atoms with Crippen LogP contribution in [0.3, 0.4) is 0 Å². The van der Waals surface area contributed by atoms with E-state index in [0.717, 1.165) is 33.7 Å². The molecule has 0 radical (unpaired) electrons. The number of aromatic nitrogens is 3. The first-order chi connectivity index (χ1) is 13.1. The van der Waals surface area contributed by atoms with E-state index >= 15 is 0 Å². The van der Waals surface area contributed by atoms with Gasteiger partial charge in [-0.05, 0) is 49.7 Å². The average Bonchev–Trinajstić information content (AvgIpc) is 3.03. The third kappa shape index (κ3) is 4.68. The lowest BCUT2D eigenvalue weighted by Crippen LogP contribution is -2.12. The molecule has 0 saturated carbocycles. The highest BCUT2D eigenvalue weighted by Gasteiger charge is 2.13. The average molecular weight is 382 g/mol. The highest BCUT2D eigenvalue weighted by Crippen LogP contribution is 2.24. The molecule has 0 bridgehead atoms. The standard InChI is InChI=1S/C20H22N4O2S/c1-14-6-4-5-7-18(14)24-15(2)22-23-20(24)27-13-12-19(25)21-16-8-10-17(26-3)11-9-16/h4-11H,12-13H2,1-3H3,(H,21,25). The largest absolute Gasteiger partial charge is 0.497 e. The van der Waals surface area contributed by atoms with Gasteiger partial charge in [0.2, 0.25) is 5.91 Å². The van der Waals surface area contributed by atoms with Crippen LogP contribution in [-0.4, -0.2) is 33.5 Å². The SMILES string of the molecule is COc1ccc(NC(=O)CCSc2nnc(C)n2-c2ccccc2C)cc1. The number of carbonyl (C=O) groups excluding carboxylic acids is 1. The van der Waals surface area contributed by atoms with Crippen molar-refractivity contribution in [1.29, 1.82) is 0 Å². The molecule has 1 heterocycles. The second-order valence-corrected chi connectivity index (χ2v) is 7.09. The van der Waals surface area contributed by atoms with Crippen molar-refractivity contribution in [2.75, 3.05) is 18.2 Å². The summed E-state index contributed by atoms with van der Waals surface area (Å²) in [7, 11) is 1.61. The van der Waals surface area contributed by atoms with Gasteiger partial charge < -0.3 is 10.1 Å². The topological polar surface area (TPSA) is 69.0 Å².